The summed E-state index contributed by atoms with van der Waals surface area (Å²) in [4.78, 5) is 22.5. The lowest BCUT2D eigenvalue weighted by molar-refractivity contribution is -0.131. The molecule has 0 bridgehead atoms. The molecule has 0 aliphatic rings. The molecule has 0 fully saturated rings. The normalized spacial score (nSPS) is 14.0. The van der Waals surface area contributed by atoms with Crippen LogP contribution >= 0.6 is 11.8 Å². The average Bonchev–Trinajstić information content (AvgIpc) is 2.79. The first-order valence-electron chi connectivity index (χ1n) is 11.5. The zero-order valence-corrected chi connectivity index (χ0v) is 20.1. The molecule has 0 radical (unpaired) electrons. The summed E-state index contributed by atoms with van der Waals surface area (Å²) in [7, 11) is 0. The van der Waals surface area contributed by atoms with Crippen LogP contribution in [0.15, 0.2) is 77.8 Å². The number of carbonyl (C=O) groups is 2. The monoisotopic (exact) mass is 472 g/mol. The van der Waals surface area contributed by atoms with Crippen LogP contribution in [0.5, 0.6) is 0 Å². The van der Waals surface area contributed by atoms with Crippen LogP contribution in [0, 0.1) is 0 Å². The van der Waals surface area contributed by atoms with E-state index in [0.717, 1.165) is 17.4 Å². The van der Waals surface area contributed by atoms with Crippen molar-refractivity contribution in [3.05, 3.63) is 78.4 Å². The molecule has 0 aliphatic carbocycles. The number of allylic oxidation sites excluding steroid dienone is 5. The number of hydrogen-bond donors (Lipinski definition) is 3. The van der Waals surface area contributed by atoms with Gasteiger partial charge in [0.2, 0.25) is 0 Å². The molecular formula is C27H36O5S. The average molecular weight is 473 g/mol. The highest BCUT2D eigenvalue weighted by molar-refractivity contribution is 8.00. The van der Waals surface area contributed by atoms with Gasteiger partial charge < -0.3 is 15.3 Å². The van der Waals surface area contributed by atoms with Gasteiger partial charge in [-0.25, -0.2) is 9.59 Å². The number of carboxylic acid groups (broad SMARTS) is 2. The van der Waals surface area contributed by atoms with E-state index in [2.05, 4.69) is 13.0 Å². The number of hydrogen-bond acceptors (Lipinski definition) is 4. The molecule has 0 amide bonds. The molecule has 0 saturated heterocycles. The van der Waals surface area contributed by atoms with Crippen molar-refractivity contribution >= 4 is 23.7 Å². The quantitative estimate of drug-likeness (QED) is 0.102. The third-order valence-electron chi connectivity index (χ3n) is 4.89. The number of aromatic carboxylic acids is 1. The van der Waals surface area contributed by atoms with Gasteiger partial charge in [-0.05, 0) is 43.5 Å². The van der Waals surface area contributed by atoms with Crippen LogP contribution in [0.4, 0.5) is 0 Å². The topological polar surface area (TPSA) is 94.8 Å². The largest absolute Gasteiger partial charge is 0.478 e. The molecule has 6 heteroatoms. The molecule has 33 heavy (non-hydrogen) atoms. The van der Waals surface area contributed by atoms with Gasteiger partial charge >= 0.3 is 11.9 Å². The second kappa shape index (κ2) is 17.9. The molecule has 0 heterocycles. The van der Waals surface area contributed by atoms with Gasteiger partial charge in [-0.15, -0.1) is 11.8 Å². The van der Waals surface area contributed by atoms with Crippen molar-refractivity contribution in [3.8, 4) is 0 Å². The number of aliphatic hydroxyl groups is 1. The fraction of sp³-hybridized carbons (Fsp3) is 0.407. The molecule has 0 aromatic heterocycles. The summed E-state index contributed by atoms with van der Waals surface area (Å²) in [5.74, 6) is -2.04. The second-order valence-corrected chi connectivity index (χ2v) is 8.96. The van der Waals surface area contributed by atoms with Crippen molar-refractivity contribution in [2.24, 2.45) is 0 Å². The van der Waals surface area contributed by atoms with E-state index < -0.39 is 18.0 Å². The second-order valence-electron chi connectivity index (χ2n) is 7.71. The predicted octanol–water partition coefficient (Wildman–Crippen LogP) is 6.66. The van der Waals surface area contributed by atoms with Crippen LogP contribution in [0.2, 0.25) is 0 Å². The van der Waals surface area contributed by atoms with E-state index in [0.29, 0.717) is 0 Å². The molecule has 0 unspecified atom stereocenters. The highest BCUT2D eigenvalue weighted by Gasteiger charge is 2.17. The van der Waals surface area contributed by atoms with Crippen molar-refractivity contribution in [2.45, 2.75) is 74.5 Å². The Morgan fingerprint density at radius 3 is 2.24 bits per heavy atom. The Morgan fingerprint density at radius 2 is 1.58 bits per heavy atom. The molecule has 1 aromatic rings. The minimum atomic E-state index is -1.05. The zero-order chi connectivity index (χ0) is 24.3. The van der Waals surface area contributed by atoms with E-state index in [1.165, 1.54) is 68.5 Å². The Labute approximate surface area is 201 Å². The van der Waals surface area contributed by atoms with Gasteiger partial charge in [0.1, 0.15) is 0 Å². The maximum atomic E-state index is 11.0. The summed E-state index contributed by atoms with van der Waals surface area (Å²) >= 11 is 1.40. The maximum Gasteiger partial charge on any atom is 0.335 e. The molecule has 0 spiro atoms. The smallest absolute Gasteiger partial charge is 0.335 e. The molecule has 2 atom stereocenters. The summed E-state index contributed by atoms with van der Waals surface area (Å²) in [6, 6.07) is 6.46. The van der Waals surface area contributed by atoms with Crippen molar-refractivity contribution < 1.29 is 24.9 Å². The lowest BCUT2D eigenvalue weighted by atomic mass is 10.1. The molecule has 0 saturated carbocycles. The fourth-order valence-corrected chi connectivity index (χ4v) is 4.09. The molecule has 0 aliphatic heterocycles. The van der Waals surface area contributed by atoms with Crippen LogP contribution in [0.1, 0.15) is 68.6 Å². The minimum Gasteiger partial charge on any atom is -0.478 e. The third-order valence-corrected chi connectivity index (χ3v) is 6.17. The van der Waals surface area contributed by atoms with Crippen LogP contribution in [-0.4, -0.2) is 38.6 Å². The van der Waals surface area contributed by atoms with Gasteiger partial charge in [0, 0.05) is 11.0 Å². The van der Waals surface area contributed by atoms with E-state index in [1.54, 1.807) is 12.1 Å². The van der Waals surface area contributed by atoms with Crippen molar-refractivity contribution in [1.82, 2.24) is 0 Å². The Bertz CT molecular complexity index is 808. The van der Waals surface area contributed by atoms with Crippen LogP contribution in [0.25, 0.3) is 0 Å². The molecule has 3 N–H and O–H groups in total. The van der Waals surface area contributed by atoms with E-state index in [1.807, 2.05) is 30.4 Å². The van der Waals surface area contributed by atoms with E-state index >= 15 is 0 Å². The van der Waals surface area contributed by atoms with Crippen LogP contribution in [0.3, 0.4) is 0 Å². The lowest BCUT2D eigenvalue weighted by Crippen LogP contribution is -2.20. The van der Waals surface area contributed by atoms with Crippen molar-refractivity contribution in [2.75, 3.05) is 0 Å². The molecule has 180 valence electrons. The SMILES string of the molecule is CCCCCCCCC=CC=CC=C[C@@H](Sc1ccc(C(=O)O)cc1)[C@H](O)CC=CC(=O)O. The Kier molecular flexibility index (Phi) is 15.5. The Balaban J connectivity index is 2.62. The van der Waals surface area contributed by atoms with Gasteiger partial charge in [0.25, 0.3) is 0 Å². The highest BCUT2D eigenvalue weighted by atomic mass is 32.2. The van der Waals surface area contributed by atoms with Gasteiger partial charge in [-0.2, -0.15) is 0 Å². The summed E-state index contributed by atoms with van der Waals surface area (Å²) in [5.41, 5.74) is 0.201. The number of rotatable bonds is 17. The minimum absolute atomic E-state index is 0.198. The van der Waals surface area contributed by atoms with Gasteiger partial charge in [0.05, 0.1) is 16.9 Å². The molecule has 1 aromatic carbocycles. The lowest BCUT2D eigenvalue weighted by Gasteiger charge is -2.18. The number of thioether (sulfide) groups is 1. The number of unbranched alkanes of at least 4 members (excludes halogenated alkanes) is 6. The summed E-state index contributed by atoms with van der Waals surface area (Å²) in [6.07, 6.45) is 22.4. The van der Waals surface area contributed by atoms with Crippen molar-refractivity contribution in [3.63, 3.8) is 0 Å². The Morgan fingerprint density at radius 1 is 0.909 bits per heavy atom. The van der Waals surface area contributed by atoms with E-state index in [4.69, 9.17) is 10.2 Å². The predicted molar refractivity (Wildman–Crippen MR) is 136 cm³/mol. The molecule has 1 rings (SSSR count). The van der Waals surface area contributed by atoms with E-state index in [-0.39, 0.29) is 17.2 Å². The third kappa shape index (κ3) is 14.2. The van der Waals surface area contributed by atoms with Gasteiger partial charge in [-0.3, -0.25) is 0 Å². The highest BCUT2D eigenvalue weighted by Crippen LogP contribution is 2.28. The number of aliphatic hydroxyl groups excluding tert-OH is 1. The Hall–Kier alpha value is -2.57. The first-order chi connectivity index (χ1) is 15.9. The van der Waals surface area contributed by atoms with Gasteiger partial charge in [-0.1, -0.05) is 81.6 Å². The first kappa shape index (κ1) is 28.5. The first-order valence-corrected chi connectivity index (χ1v) is 12.4. The summed E-state index contributed by atoms with van der Waals surface area (Å²) in [5, 5.41) is 28.0. The summed E-state index contributed by atoms with van der Waals surface area (Å²) in [6.45, 7) is 2.22. The molecule has 5 nitrogen and oxygen atoms in total. The number of carboxylic acids is 2. The maximum absolute atomic E-state index is 11.0. The van der Waals surface area contributed by atoms with Gasteiger partial charge in [0.15, 0.2) is 0 Å². The fourth-order valence-electron chi connectivity index (χ4n) is 3.04. The van der Waals surface area contributed by atoms with Crippen molar-refractivity contribution in [1.29, 1.82) is 0 Å². The standard InChI is InChI=1S/C27H36O5S/c1-2-3-4-5-6-7-8-9-10-11-12-13-16-25(24(28)15-14-17-26(29)30)33-23-20-18-22(19-21-23)27(31)32/h9-14,16-21,24-25,28H,2-8,15H2,1H3,(H,29,30)(H,31,32)/t24-,25-/m1/s1. The van der Waals surface area contributed by atoms with Crippen LogP contribution < -0.4 is 0 Å². The molecular weight excluding hydrogens is 436 g/mol. The zero-order valence-electron chi connectivity index (χ0n) is 19.3. The van der Waals surface area contributed by atoms with Crippen LogP contribution in [-0.2, 0) is 4.79 Å². The van der Waals surface area contributed by atoms with E-state index in [9.17, 15) is 14.7 Å². The summed E-state index contributed by atoms with van der Waals surface area (Å²) < 4.78 is 0. The number of benzene rings is 1. The number of aliphatic carboxylic acids is 1.